The fourth-order valence-electron chi connectivity index (χ4n) is 2.63. The quantitative estimate of drug-likeness (QED) is 0.816. The first kappa shape index (κ1) is 17.5. The molecular formula is C15H13ClF4N4O. The van der Waals surface area contributed by atoms with Crippen molar-refractivity contribution < 1.29 is 22.4 Å². The Labute approximate surface area is 145 Å². The molecule has 0 saturated carbocycles. The number of halogens is 5. The zero-order chi connectivity index (χ0) is 18.2. The number of aromatic nitrogens is 2. The molecule has 0 spiro atoms. The molecule has 0 fully saturated rings. The average molecular weight is 377 g/mol. The molecule has 0 atom stereocenters. The molecule has 5 nitrogen and oxygen atoms in total. The van der Waals surface area contributed by atoms with Crippen molar-refractivity contribution in [2.24, 2.45) is 0 Å². The number of alkyl halides is 3. The minimum absolute atomic E-state index is 0.00197. The molecule has 2 aromatic rings. The molecule has 0 aliphatic carbocycles. The van der Waals surface area contributed by atoms with Crippen molar-refractivity contribution in [3.63, 3.8) is 0 Å². The van der Waals surface area contributed by atoms with Crippen LogP contribution in [0.5, 0.6) is 0 Å². The van der Waals surface area contributed by atoms with E-state index in [9.17, 15) is 22.4 Å². The first-order chi connectivity index (χ1) is 11.8. The first-order valence-corrected chi connectivity index (χ1v) is 7.72. The summed E-state index contributed by atoms with van der Waals surface area (Å²) in [6.45, 7) is 0.0394. The van der Waals surface area contributed by atoms with E-state index >= 15 is 0 Å². The smallest absolute Gasteiger partial charge is 0.334 e. The monoisotopic (exact) mass is 376 g/mol. The fourth-order valence-corrected chi connectivity index (χ4v) is 2.79. The Kier molecular flexibility index (Phi) is 4.59. The number of carbonyl (C=O) groups is 1. The summed E-state index contributed by atoms with van der Waals surface area (Å²) in [6, 6.07) is 3.61. The lowest BCUT2D eigenvalue weighted by atomic mass is 10.2. The van der Waals surface area contributed by atoms with Gasteiger partial charge < -0.3 is 14.8 Å². The molecule has 0 radical (unpaired) electrons. The fraction of sp³-hybridized carbons (Fsp3) is 0.333. The van der Waals surface area contributed by atoms with E-state index in [1.807, 2.05) is 0 Å². The Bertz CT molecular complexity index is 805. The Balaban J connectivity index is 1.64. The second-order valence-electron chi connectivity index (χ2n) is 5.54. The zero-order valence-corrected chi connectivity index (χ0v) is 13.5. The number of imidazole rings is 1. The summed E-state index contributed by atoms with van der Waals surface area (Å²) in [6.07, 6.45) is -3.42. The largest absolute Gasteiger partial charge is 0.449 e. The third-order valence-electron chi connectivity index (χ3n) is 3.87. The highest BCUT2D eigenvalue weighted by atomic mass is 35.5. The highest BCUT2D eigenvalue weighted by Gasteiger charge is 2.38. The predicted octanol–water partition coefficient (Wildman–Crippen LogP) is 3.42. The van der Waals surface area contributed by atoms with E-state index < -0.39 is 23.8 Å². The Morgan fingerprint density at radius 2 is 2.08 bits per heavy atom. The highest BCUT2D eigenvalue weighted by molar-refractivity contribution is 6.30. The van der Waals surface area contributed by atoms with Crippen molar-refractivity contribution in [3.8, 4) is 0 Å². The summed E-state index contributed by atoms with van der Waals surface area (Å²) < 4.78 is 53.2. The van der Waals surface area contributed by atoms with Gasteiger partial charge in [0.25, 0.3) is 0 Å². The number of hydrogen-bond acceptors (Lipinski definition) is 2. The van der Waals surface area contributed by atoms with Gasteiger partial charge in [-0.15, -0.1) is 0 Å². The van der Waals surface area contributed by atoms with Crippen molar-refractivity contribution in [1.29, 1.82) is 0 Å². The lowest BCUT2D eigenvalue weighted by molar-refractivity contribution is -0.147. The zero-order valence-electron chi connectivity index (χ0n) is 12.8. The maximum Gasteiger partial charge on any atom is 0.449 e. The number of nitrogens with zero attached hydrogens (tertiary/aromatic N) is 3. The molecule has 2 amide bonds. The van der Waals surface area contributed by atoms with Crippen LogP contribution in [-0.4, -0.2) is 27.0 Å². The Morgan fingerprint density at radius 3 is 2.76 bits per heavy atom. The number of rotatable bonds is 2. The standard InChI is InChI=1S/C15H13ClF4N4O/c16-10-2-1-9(12(17)5-10)6-22-14(25)23-3-4-24-11(8-23)7-21-13(24)15(18,19)20/h1-2,5,7H,3-4,6,8H2,(H,22,25). The number of carbonyl (C=O) groups excluding carboxylic acids is 1. The van der Waals surface area contributed by atoms with E-state index in [0.717, 1.165) is 16.8 Å². The van der Waals surface area contributed by atoms with Gasteiger partial charge >= 0.3 is 12.2 Å². The van der Waals surface area contributed by atoms with Crippen LogP contribution in [0.2, 0.25) is 5.02 Å². The van der Waals surface area contributed by atoms with Crippen molar-refractivity contribution >= 4 is 17.6 Å². The van der Waals surface area contributed by atoms with Gasteiger partial charge in [-0.2, -0.15) is 13.2 Å². The van der Waals surface area contributed by atoms with Crippen molar-refractivity contribution in [1.82, 2.24) is 19.8 Å². The molecular weight excluding hydrogens is 364 g/mol. The molecule has 2 heterocycles. The van der Waals surface area contributed by atoms with Crippen molar-refractivity contribution in [3.05, 3.63) is 52.3 Å². The Hall–Kier alpha value is -2.29. The van der Waals surface area contributed by atoms with Gasteiger partial charge in [-0.1, -0.05) is 17.7 Å². The predicted molar refractivity (Wildman–Crippen MR) is 81.3 cm³/mol. The minimum Gasteiger partial charge on any atom is -0.334 e. The van der Waals surface area contributed by atoms with E-state index in [1.165, 1.54) is 17.0 Å². The third-order valence-corrected chi connectivity index (χ3v) is 4.11. The summed E-state index contributed by atoms with van der Waals surface area (Å²) in [5.74, 6) is -1.51. The molecule has 1 aromatic heterocycles. The van der Waals surface area contributed by atoms with E-state index in [0.29, 0.717) is 5.69 Å². The number of urea groups is 1. The maximum absolute atomic E-state index is 13.7. The van der Waals surface area contributed by atoms with Crippen LogP contribution in [0.4, 0.5) is 22.4 Å². The van der Waals surface area contributed by atoms with Gasteiger partial charge in [0, 0.05) is 30.2 Å². The topological polar surface area (TPSA) is 50.2 Å². The first-order valence-electron chi connectivity index (χ1n) is 7.34. The van der Waals surface area contributed by atoms with Crippen LogP contribution in [0.15, 0.2) is 24.4 Å². The van der Waals surface area contributed by atoms with Gasteiger partial charge in [0.15, 0.2) is 0 Å². The third kappa shape index (κ3) is 3.71. The van der Waals surface area contributed by atoms with E-state index in [2.05, 4.69) is 10.3 Å². The van der Waals surface area contributed by atoms with Gasteiger partial charge in [0.1, 0.15) is 5.82 Å². The molecule has 0 unspecified atom stereocenters. The number of nitrogens with one attached hydrogen (secondary N) is 1. The maximum atomic E-state index is 13.7. The van der Waals surface area contributed by atoms with Crippen LogP contribution in [0.1, 0.15) is 17.1 Å². The van der Waals surface area contributed by atoms with Gasteiger partial charge in [-0.05, 0) is 12.1 Å². The Morgan fingerprint density at radius 1 is 1.32 bits per heavy atom. The SMILES string of the molecule is O=C(NCc1ccc(Cl)cc1F)N1CCn2c(cnc2C(F)(F)F)C1. The molecule has 25 heavy (non-hydrogen) atoms. The molecule has 10 heteroatoms. The summed E-state index contributed by atoms with van der Waals surface area (Å²) >= 11 is 5.66. The lowest BCUT2D eigenvalue weighted by Crippen LogP contribution is -2.44. The van der Waals surface area contributed by atoms with Crippen molar-refractivity contribution in [2.75, 3.05) is 6.54 Å². The van der Waals surface area contributed by atoms with Gasteiger partial charge in [0.05, 0.1) is 18.4 Å². The second-order valence-corrected chi connectivity index (χ2v) is 5.97. The molecule has 1 aliphatic heterocycles. The van der Waals surface area contributed by atoms with E-state index in [4.69, 9.17) is 11.6 Å². The molecule has 0 saturated heterocycles. The summed E-state index contributed by atoms with van der Waals surface area (Å²) in [5, 5.41) is 2.80. The molecule has 3 rings (SSSR count). The number of benzene rings is 1. The number of amides is 2. The normalized spacial score (nSPS) is 14.4. The molecule has 0 bridgehead atoms. The second kappa shape index (κ2) is 6.55. The van der Waals surface area contributed by atoms with E-state index in [1.54, 1.807) is 0 Å². The summed E-state index contributed by atoms with van der Waals surface area (Å²) in [5.41, 5.74) is 0.561. The van der Waals surface area contributed by atoms with Crippen LogP contribution < -0.4 is 5.32 Å². The van der Waals surface area contributed by atoms with Crippen LogP contribution in [0, 0.1) is 5.82 Å². The number of hydrogen-bond donors (Lipinski definition) is 1. The van der Waals surface area contributed by atoms with Gasteiger partial charge in [-0.3, -0.25) is 0 Å². The van der Waals surface area contributed by atoms with Crippen LogP contribution >= 0.6 is 11.6 Å². The van der Waals surface area contributed by atoms with Crippen LogP contribution in [-0.2, 0) is 25.8 Å². The number of fused-ring (bicyclic) bond motifs is 1. The molecule has 134 valence electrons. The van der Waals surface area contributed by atoms with Crippen molar-refractivity contribution in [2.45, 2.75) is 25.8 Å². The van der Waals surface area contributed by atoms with Gasteiger partial charge in [-0.25, -0.2) is 14.2 Å². The molecule has 1 N–H and O–H groups in total. The van der Waals surface area contributed by atoms with Crippen LogP contribution in [0.25, 0.3) is 0 Å². The summed E-state index contributed by atoms with van der Waals surface area (Å²) in [4.78, 5) is 16.9. The minimum atomic E-state index is -4.53. The highest BCUT2D eigenvalue weighted by Crippen LogP contribution is 2.30. The van der Waals surface area contributed by atoms with Gasteiger partial charge in [0.2, 0.25) is 5.82 Å². The average Bonchev–Trinajstić information content (AvgIpc) is 2.97. The molecule has 1 aliphatic rings. The summed E-state index contributed by atoms with van der Waals surface area (Å²) in [7, 11) is 0. The lowest BCUT2D eigenvalue weighted by Gasteiger charge is -2.29. The van der Waals surface area contributed by atoms with Crippen LogP contribution in [0.3, 0.4) is 0 Å². The molecule has 1 aromatic carbocycles. The van der Waals surface area contributed by atoms with E-state index in [-0.39, 0.29) is 36.8 Å².